The van der Waals surface area contributed by atoms with Crippen molar-refractivity contribution in [1.29, 1.82) is 5.26 Å². The number of carbonyl (C=O) groups excluding carboxylic acids is 1. The lowest BCUT2D eigenvalue weighted by atomic mass is 10.1. The molecule has 1 aliphatic carbocycles. The van der Waals surface area contributed by atoms with Gasteiger partial charge in [0.1, 0.15) is 5.69 Å². The number of nitrogens with zero attached hydrogens (tertiary/aromatic N) is 3. The summed E-state index contributed by atoms with van der Waals surface area (Å²) in [6.45, 7) is 3.20. The molecule has 1 aromatic carbocycles. The summed E-state index contributed by atoms with van der Waals surface area (Å²) in [6.07, 6.45) is 1.19. The fraction of sp³-hybridized carbons (Fsp3) is 0.389. The van der Waals surface area contributed by atoms with E-state index in [-0.39, 0.29) is 11.9 Å². The second-order valence-electron chi connectivity index (χ2n) is 6.52. The minimum atomic E-state index is -0.0284. The van der Waals surface area contributed by atoms with Gasteiger partial charge in [0, 0.05) is 19.1 Å². The number of benzene rings is 1. The van der Waals surface area contributed by atoms with Gasteiger partial charge in [-0.05, 0) is 42.9 Å². The highest BCUT2D eigenvalue weighted by Gasteiger charge is 2.53. The van der Waals surface area contributed by atoms with E-state index in [1.165, 1.54) is 17.8 Å². The van der Waals surface area contributed by atoms with Crippen LogP contribution in [-0.2, 0) is 0 Å². The van der Waals surface area contributed by atoms with Crippen LogP contribution in [0.4, 0.5) is 0 Å². The molecule has 2 N–H and O–H groups in total. The monoisotopic (exact) mass is 338 g/mol. The maximum absolute atomic E-state index is 13.1. The third kappa shape index (κ3) is 2.41. The molecular weight excluding hydrogens is 320 g/mol. The Bertz CT molecular complexity index is 853. The molecule has 0 unspecified atom stereocenters. The number of nitrogens with two attached hydrogens (primary N) is 1. The van der Waals surface area contributed by atoms with E-state index in [1.54, 1.807) is 6.07 Å². The Balaban J connectivity index is 1.71. The van der Waals surface area contributed by atoms with Crippen molar-refractivity contribution < 1.29 is 4.79 Å². The molecule has 0 radical (unpaired) electrons. The zero-order valence-electron chi connectivity index (χ0n) is 13.4. The van der Waals surface area contributed by atoms with Crippen LogP contribution < -0.4 is 5.73 Å². The van der Waals surface area contributed by atoms with Crippen LogP contribution in [0.5, 0.6) is 0 Å². The topological polar surface area (TPSA) is 83.0 Å². The van der Waals surface area contributed by atoms with Gasteiger partial charge < -0.3 is 10.6 Å². The SMILES string of the molecule is Cc1nc(C(=O)N2C[C@H]3C[C@H]3[C@H]2CN)c(-c2cccc(C#N)c2)s1. The Labute approximate surface area is 144 Å². The average Bonchev–Trinajstić information content (AvgIpc) is 3.10. The van der Waals surface area contributed by atoms with Gasteiger partial charge in [0.05, 0.1) is 21.5 Å². The van der Waals surface area contributed by atoms with Gasteiger partial charge in [0.2, 0.25) is 0 Å². The number of rotatable bonds is 3. The number of nitriles is 1. The largest absolute Gasteiger partial charge is 0.332 e. The van der Waals surface area contributed by atoms with E-state index < -0.39 is 0 Å². The van der Waals surface area contributed by atoms with Crippen molar-refractivity contribution in [2.75, 3.05) is 13.1 Å². The van der Waals surface area contributed by atoms with Gasteiger partial charge in [-0.15, -0.1) is 11.3 Å². The summed E-state index contributed by atoms with van der Waals surface area (Å²) in [6, 6.07) is 9.62. The molecule has 1 aromatic heterocycles. The van der Waals surface area contributed by atoms with Crippen molar-refractivity contribution in [1.82, 2.24) is 9.88 Å². The molecule has 1 amide bonds. The van der Waals surface area contributed by atoms with Crippen molar-refractivity contribution in [3.63, 3.8) is 0 Å². The fourth-order valence-electron chi connectivity index (χ4n) is 3.74. The normalized spacial score (nSPS) is 24.5. The van der Waals surface area contributed by atoms with Gasteiger partial charge >= 0.3 is 0 Å². The molecule has 5 nitrogen and oxygen atoms in total. The second-order valence-corrected chi connectivity index (χ2v) is 7.73. The third-order valence-corrected chi connectivity index (χ3v) is 6.02. The first-order chi connectivity index (χ1) is 11.6. The van der Waals surface area contributed by atoms with E-state index >= 15 is 0 Å². The molecule has 1 saturated carbocycles. The average molecular weight is 338 g/mol. The molecule has 2 fully saturated rings. The van der Waals surface area contributed by atoms with Gasteiger partial charge in [0.25, 0.3) is 5.91 Å². The highest BCUT2D eigenvalue weighted by molar-refractivity contribution is 7.15. The predicted molar refractivity (Wildman–Crippen MR) is 92.5 cm³/mol. The van der Waals surface area contributed by atoms with E-state index in [0.29, 0.717) is 29.6 Å². The van der Waals surface area contributed by atoms with Crippen molar-refractivity contribution >= 4 is 17.2 Å². The Morgan fingerprint density at radius 1 is 1.54 bits per heavy atom. The zero-order chi connectivity index (χ0) is 16.8. The Morgan fingerprint density at radius 3 is 3.12 bits per heavy atom. The lowest BCUT2D eigenvalue weighted by Gasteiger charge is -2.26. The molecule has 24 heavy (non-hydrogen) atoms. The molecule has 2 aromatic rings. The van der Waals surface area contributed by atoms with E-state index in [1.807, 2.05) is 30.0 Å². The van der Waals surface area contributed by atoms with Crippen LogP contribution >= 0.6 is 11.3 Å². The van der Waals surface area contributed by atoms with Gasteiger partial charge in [-0.2, -0.15) is 5.26 Å². The summed E-state index contributed by atoms with van der Waals surface area (Å²) >= 11 is 1.50. The summed E-state index contributed by atoms with van der Waals surface area (Å²) in [5.74, 6) is 1.16. The maximum atomic E-state index is 13.1. The van der Waals surface area contributed by atoms with E-state index in [0.717, 1.165) is 22.0 Å². The summed E-state index contributed by atoms with van der Waals surface area (Å²) in [5, 5.41) is 9.97. The number of carbonyl (C=O) groups is 1. The molecule has 4 rings (SSSR count). The molecule has 3 atom stereocenters. The molecule has 2 heterocycles. The van der Waals surface area contributed by atoms with Crippen molar-refractivity contribution in [2.45, 2.75) is 19.4 Å². The van der Waals surface area contributed by atoms with Crippen molar-refractivity contribution in [3.05, 3.63) is 40.5 Å². The summed E-state index contributed by atoms with van der Waals surface area (Å²) < 4.78 is 0. The summed E-state index contributed by atoms with van der Waals surface area (Å²) in [7, 11) is 0. The first-order valence-corrected chi connectivity index (χ1v) is 8.93. The lowest BCUT2D eigenvalue weighted by molar-refractivity contribution is 0.0708. The molecule has 0 bridgehead atoms. The number of aromatic nitrogens is 1. The van der Waals surface area contributed by atoms with Gasteiger partial charge in [-0.1, -0.05) is 12.1 Å². The molecule has 1 aliphatic heterocycles. The number of fused-ring (bicyclic) bond motifs is 1. The molecule has 2 aliphatic rings. The number of likely N-dealkylation sites (tertiary alicyclic amines) is 1. The van der Waals surface area contributed by atoms with E-state index in [9.17, 15) is 4.79 Å². The summed E-state index contributed by atoms with van der Waals surface area (Å²) in [5.41, 5.74) is 7.85. The third-order valence-electron chi connectivity index (χ3n) is 5.00. The standard InChI is InChI=1S/C18H18N4OS/c1-10-21-16(17(24-10)12-4-2-3-11(5-12)7-19)18(23)22-9-13-6-14(13)15(22)8-20/h2-5,13-15H,6,8-9,20H2,1H3/t13-,14-,15-/m1/s1. The summed E-state index contributed by atoms with van der Waals surface area (Å²) in [4.78, 5) is 20.3. The Morgan fingerprint density at radius 2 is 2.38 bits per heavy atom. The number of amides is 1. The van der Waals surface area contributed by atoms with Crippen molar-refractivity contribution in [3.8, 4) is 16.5 Å². The van der Waals surface area contributed by atoms with E-state index in [2.05, 4.69) is 11.1 Å². The van der Waals surface area contributed by atoms with Crippen LogP contribution in [0.3, 0.4) is 0 Å². The Hall–Kier alpha value is -2.23. The van der Waals surface area contributed by atoms with Crippen LogP contribution in [0.2, 0.25) is 0 Å². The minimum absolute atomic E-state index is 0.0284. The number of piperidine rings is 1. The van der Waals surface area contributed by atoms with Gasteiger partial charge in [-0.3, -0.25) is 4.79 Å². The number of thiazole rings is 1. The predicted octanol–water partition coefficient (Wildman–Crippen LogP) is 2.41. The zero-order valence-corrected chi connectivity index (χ0v) is 14.2. The molecule has 122 valence electrons. The van der Waals surface area contributed by atoms with Crippen LogP contribution in [0, 0.1) is 30.1 Å². The molecule has 1 saturated heterocycles. The molecule has 6 heteroatoms. The minimum Gasteiger partial charge on any atom is -0.332 e. The Kier molecular flexibility index (Phi) is 3.63. The van der Waals surface area contributed by atoms with Crippen LogP contribution in [0.1, 0.15) is 27.5 Å². The van der Waals surface area contributed by atoms with E-state index in [4.69, 9.17) is 11.0 Å². The number of hydrogen-bond acceptors (Lipinski definition) is 5. The van der Waals surface area contributed by atoms with Crippen molar-refractivity contribution in [2.24, 2.45) is 17.6 Å². The highest BCUT2D eigenvalue weighted by atomic mass is 32.1. The first-order valence-electron chi connectivity index (χ1n) is 8.11. The first kappa shape index (κ1) is 15.3. The number of aryl methyl sites for hydroxylation is 1. The molecule has 0 spiro atoms. The van der Waals surface area contributed by atoms with Crippen LogP contribution in [0.15, 0.2) is 24.3 Å². The van der Waals surface area contributed by atoms with Gasteiger partial charge in [0.15, 0.2) is 0 Å². The molecular formula is C18H18N4OS. The fourth-order valence-corrected chi connectivity index (χ4v) is 4.65. The second kappa shape index (κ2) is 5.69. The highest BCUT2D eigenvalue weighted by Crippen LogP contribution is 2.49. The lowest BCUT2D eigenvalue weighted by Crippen LogP contribution is -2.43. The number of hydrogen-bond donors (Lipinski definition) is 1. The maximum Gasteiger partial charge on any atom is 0.274 e. The quantitative estimate of drug-likeness (QED) is 0.931. The van der Waals surface area contributed by atoms with Crippen LogP contribution in [0.25, 0.3) is 10.4 Å². The smallest absolute Gasteiger partial charge is 0.274 e. The van der Waals surface area contributed by atoms with Crippen LogP contribution in [-0.4, -0.2) is 34.9 Å². The van der Waals surface area contributed by atoms with Gasteiger partial charge in [-0.25, -0.2) is 4.98 Å².